The number of aliphatic hydroxyl groups is 2. The highest BCUT2D eigenvalue weighted by Crippen LogP contribution is 2.28. The zero-order valence-corrected chi connectivity index (χ0v) is 14.1. The molecule has 9 heteroatoms. The normalized spacial score (nSPS) is 22.2. The van der Waals surface area contributed by atoms with Crippen LogP contribution in [0.15, 0.2) is 56.7 Å². The Morgan fingerprint density at radius 2 is 2.04 bits per heavy atom. The van der Waals surface area contributed by atoms with Crippen LogP contribution in [0.4, 0.5) is 0 Å². The maximum absolute atomic E-state index is 12.3. The zero-order valence-electron chi connectivity index (χ0n) is 14.1. The average molecular weight is 371 g/mol. The van der Waals surface area contributed by atoms with E-state index in [2.05, 4.69) is 10.1 Å². The summed E-state index contributed by atoms with van der Waals surface area (Å²) in [6.07, 6.45) is -1.05. The molecule has 140 valence electrons. The number of nitrogens with zero attached hydrogens (tertiary/aromatic N) is 2. The van der Waals surface area contributed by atoms with Crippen LogP contribution in [0, 0.1) is 0 Å². The van der Waals surface area contributed by atoms with Crippen LogP contribution in [-0.4, -0.2) is 43.7 Å². The Kier molecular flexibility index (Phi) is 4.48. The summed E-state index contributed by atoms with van der Waals surface area (Å²) in [5.41, 5.74) is -0.0889. The molecule has 27 heavy (non-hydrogen) atoms. The van der Waals surface area contributed by atoms with Gasteiger partial charge >= 0.3 is 5.69 Å². The molecule has 2 aromatic heterocycles. The molecule has 0 unspecified atom stereocenters. The summed E-state index contributed by atoms with van der Waals surface area (Å²) < 4.78 is 12.0. The first-order chi connectivity index (χ1) is 13.1. The molecular formula is C18H17N3O6. The summed E-state index contributed by atoms with van der Waals surface area (Å²) in [7, 11) is 0. The predicted molar refractivity (Wildman–Crippen MR) is 93.9 cm³/mol. The van der Waals surface area contributed by atoms with Crippen LogP contribution in [0.25, 0.3) is 22.6 Å². The molecule has 9 nitrogen and oxygen atoms in total. The van der Waals surface area contributed by atoms with E-state index in [0.717, 1.165) is 5.56 Å². The molecule has 3 heterocycles. The lowest BCUT2D eigenvalue weighted by Crippen LogP contribution is -2.33. The SMILES string of the molecule is O=c1[nH]c(=O)n([C@H]2C[C@H](O)[C@@H](CO)O2)cc1-c1cc(-c2ccccc2)on1. The molecule has 0 saturated carbocycles. The van der Waals surface area contributed by atoms with E-state index >= 15 is 0 Å². The number of nitrogens with one attached hydrogen (secondary N) is 1. The van der Waals surface area contributed by atoms with Gasteiger partial charge in [-0.15, -0.1) is 0 Å². The number of benzene rings is 1. The number of H-pyrrole nitrogens is 1. The van der Waals surface area contributed by atoms with Crippen molar-refractivity contribution in [1.82, 2.24) is 14.7 Å². The van der Waals surface area contributed by atoms with E-state index in [1.807, 2.05) is 30.3 Å². The molecule has 0 bridgehead atoms. The van der Waals surface area contributed by atoms with Crippen molar-refractivity contribution < 1.29 is 19.5 Å². The number of ether oxygens (including phenoxy) is 1. The third-order valence-electron chi connectivity index (χ3n) is 4.51. The second kappa shape index (κ2) is 6.95. The molecular weight excluding hydrogens is 354 g/mol. The fraction of sp³-hybridized carbons (Fsp3) is 0.278. The van der Waals surface area contributed by atoms with E-state index in [0.29, 0.717) is 5.76 Å². The lowest BCUT2D eigenvalue weighted by Gasteiger charge is -2.14. The second-order valence-electron chi connectivity index (χ2n) is 6.27. The van der Waals surface area contributed by atoms with Crippen LogP contribution in [0.1, 0.15) is 12.6 Å². The number of aromatic amines is 1. The molecule has 1 fully saturated rings. The molecule has 3 aromatic rings. The third kappa shape index (κ3) is 3.23. The topological polar surface area (TPSA) is 131 Å². The smallest absolute Gasteiger partial charge is 0.330 e. The quantitative estimate of drug-likeness (QED) is 0.609. The minimum atomic E-state index is -0.904. The highest BCUT2D eigenvalue weighted by atomic mass is 16.5. The summed E-state index contributed by atoms with van der Waals surface area (Å²) in [4.78, 5) is 26.7. The molecule has 0 amide bonds. The van der Waals surface area contributed by atoms with Gasteiger partial charge in [0, 0.05) is 24.2 Å². The Morgan fingerprint density at radius 3 is 2.74 bits per heavy atom. The van der Waals surface area contributed by atoms with Gasteiger partial charge in [-0.1, -0.05) is 35.5 Å². The molecule has 1 aromatic carbocycles. The lowest BCUT2D eigenvalue weighted by atomic mass is 10.1. The third-order valence-corrected chi connectivity index (χ3v) is 4.51. The first-order valence-electron chi connectivity index (χ1n) is 8.39. The number of aromatic nitrogens is 3. The van der Waals surface area contributed by atoms with Crippen LogP contribution < -0.4 is 11.2 Å². The van der Waals surface area contributed by atoms with E-state index < -0.39 is 29.7 Å². The van der Waals surface area contributed by atoms with E-state index in [4.69, 9.17) is 9.26 Å². The predicted octanol–water partition coefficient (Wildman–Crippen LogP) is 0.499. The maximum Gasteiger partial charge on any atom is 0.330 e. The largest absolute Gasteiger partial charge is 0.394 e. The minimum Gasteiger partial charge on any atom is -0.394 e. The van der Waals surface area contributed by atoms with Crippen molar-refractivity contribution in [3.63, 3.8) is 0 Å². The maximum atomic E-state index is 12.3. The van der Waals surface area contributed by atoms with Crippen molar-refractivity contribution in [1.29, 1.82) is 0 Å². The van der Waals surface area contributed by atoms with Crippen LogP contribution in [0.2, 0.25) is 0 Å². The van der Waals surface area contributed by atoms with Crippen molar-refractivity contribution in [2.24, 2.45) is 0 Å². The standard InChI is InChI=1S/C18H17N3O6/c22-9-15-13(23)7-16(26-15)21-8-11(17(24)19-18(21)25)12-6-14(27-20-12)10-4-2-1-3-5-10/h1-6,8,13,15-16,22-23H,7,9H2,(H,19,24,25)/t13-,15+,16+/m0/s1. The van der Waals surface area contributed by atoms with Crippen LogP contribution in [0.5, 0.6) is 0 Å². The summed E-state index contributed by atoms with van der Waals surface area (Å²) in [5.74, 6) is 0.482. The minimum absolute atomic E-state index is 0.116. The Hall–Kier alpha value is -3.01. The van der Waals surface area contributed by atoms with Gasteiger partial charge in [0.15, 0.2) is 5.76 Å². The van der Waals surface area contributed by atoms with Crippen molar-refractivity contribution in [2.75, 3.05) is 6.61 Å². The fourth-order valence-electron chi connectivity index (χ4n) is 3.07. The molecule has 0 aliphatic carbocycles. The monoisotopic (exact) mass is 371 g/mol. The van der Waals surface area contributed by atoms with Gasteiger partial charge in [0.05, 0.1) is 18.3 Å². The van der Waals surface area contributed by atoms with Crippen LogP contribution in [0.3, 0.4) is 0 Å². The van der Waals surface area contributed by atoms with Gasteiger partial charge in [-0.05, 0) is 0 Å². The summed E-state index contributed by atoms with van der Waals surface area (Å²) in [6, 6.07) is 10.9. The van der Waals surface area contributed by atoms with E-state index in [9.17, 15) is 19.8 Å². The molecule has 3 N–H and O–H groups in total. The highest BCUT2D eigenvalue weighted by Gasteiger charge is 2.35. The number of hydrogen-bond acceptors (Lipinski definition) is 7. The summed E-state index contributed by atoms with van der Waals surface area (Å²) in [6.45, 7) is -0.369. The second-order valence-corrected chi connectivity index (χ2v) is 6.27. The molecule has 0 radical (unpaired) electrons. The van der Waals surface area contributed by atoms with Crippen molar-refractivity contribution in [3.05, 3.63) is 63.4 Å². The van der Waals surface area contributed by atoms with Gasteiger partial charge in [0.2, 0.25) is 0 Å². The van der Waals surface area contributed by atoms with Gasteiger partial charge in [-0.3, -0.25) is 14.3 Å². The number of rotatable bonds is 4. The lowest BCUT2D eigenvalue weighted by molar-refractivity contribution is -0.0458. The van der Waals surface area contributed by atoms with E-state index in [1.165, 1.54) is 10.8 Å². The highest BCUT2D eigenvalue weighted by molar-refractivity contribution is 5.65. The van der Waals surface area contributed by atoms with Crippen molar-refractivity contribution in [3.8, 4) is 22.6 Å². The molecule has 1 saturated heterocycles. The van der Waals surface area contributed by atoms with E-state index in [1.54, 1.807) is 6.07 Å². The van der Waals surface area contributed by atoms with Crippen molar-refractivity contribution in [2.45, 2.75) is 24.9 Å². The van der Waals surface area contributed by atoms with E-state index in [-0.39, 0.29) is 24.3 Å². The van der Waals surface area contributed by atoms with Gasteiger partial charge in [-0.25, -0.2) is 4.79 Å². The summed E-state index contributed by atoms with van der Waals surface area (Å²) >= 11 is 0. The van der Waals surface area contributed by atoms with Crippen LogP contribution >= 0.6 is 0 Å². The van der Waals surface area contributed by atoms with Gasteiger partial charge in [-0.2, -0.15) is 0 Å². The number of aliphatic hydroxyl groups excluding tert-OH is 2. The molecule has 4 rings (SSSR count). The zero-order chi connectivity index (χ0) is 19.0. The molecule has 0 spiro atoms. The fourth-order valence-corrected chi connectivity index (χ4v) is 3.07. The van der Waals surface area contributed by atoms with Gasteiger partial charge in [0.25, 0.3) is 5.56 Å². The molecule has 1 aliphatic rings. The first-order valence-corrected chi connectivity index (χ1v) is 8.39. The Morgan fingerprint density at radius 1 is 1.26 bits per heavy atom. The number of hydrogen-bond donors (Lipinski definition) is 3. The molecule has 3 atom stereocenters. The Labute approximate surface area is 152 Å². The molecule has 1 aliphatic heterocycles. The Bertz CT molecular complexity index is 1050. The van der Waals surface area contributed by atoms with Gasteiger partial charge in [0.1, 0.15) is 18.0 Å². The Balaban J connectivity index is 1.71. The van der Waals surface area contributed by atoms with Crippen molar-refractivity contribution >= 4 is 0 Å². The first kappa shape index (κ1) is 17.4. The average Bonchev–Trinajstić information content (AvgIpc) is 3.29. The summed E-state index contributed by atoms with van der Waals surface area (Å²) in [5, 5.41) is 23.0. The van der Waals surface area contributed by atoms with Gasteiger partial charge < -0.3 is 19.5 Å². The van der Waals surface area contributed by atoms with Crippen LogP contribution in [-0.2, 0) is 4.74 Å².